The standard InChI is InChI=1S/C13H9N3O2/c14-4-9-11(5-15)16-10-2-1-3-12(13(9)10)18-7-8-6-17-8/h1-3,8,16H,6-7H2. The number of nitrogens with one attached hydrogen (secondary N) is 1. The highest BCUT2D eigenvalue weighted by molar-refractivity contribution is 5.93. The molecule has 1 atom stereocenters. The maximum absolute atomic E-state index is 9.15. The van der Waals surface area contributed by atoms with Gasteiger partial charge in [0.25, 0.3) is 0 Å². The predicted octanol–water partition coefficient (Wildman–Crippen LogP) is 1.69. The third kappa shape index (κ3) is 1.67. The summed E-state index contributed by atoms with van der Waals surface area (Å²) in [5, 5.41) is 18.8. The van der Waals surface area contributed by atoms with E-state index in [1.807, 2.05) is 24.3 Å². The number of hydrogen-bond donors (Lipinski definition) is 1. The molecule has 0 saturated carbocycles. The Balaban J connectivity index is 2.10. The molecule has 1 aromatic carbocycles. The molecule has 0 spiro atoms. The number of aromatic amines is 1. The Hall–Kier alpha value is -2.50. The second-order valence-corrected chi connectivity index (χ2v) is 4.04. The molecule has 0 bridgehead atoms. The third-order valence-corrected chi connectivity index (χ3v) is 2.84. The Morgan fingerprint density at radius 3 is 2.89 bits per heavy atom. The van der Waals surface area contributed by atoms with Gasteiger partial charge in [-0.25, -0.2) is 0 Å². The van der Waals surface area contributed by atoms with Crippen LogP contribution in [0.5, 0.6) is 5.75 Å². The molecule has 5 heteroatoms. The molecular formula is C13H9N3O2. The smallest absolute Gasteiger partial charge is 0.136 e. The maximum atomic E-state index is 9.15. The van der Waals surface area contributed by atoms with Gasteiger partial charge >= 0.3 is 0 Å². The summed E-state index contributed by atoms with van der Waals surface area (Å²) in [4.78, 5) is 2.91. The minimum absolute atomic E-state index is 0.153. The summed E-state index contributed by atoms with van der Waals surface area (Å²) in [5.74, 6) is 0.609. The van der Waals surface area contributed by atoms with Crippen molar-refractivity contribution >= 4 is 10.9 Å². The average molecular weight is 239 g/mol. The zero-order chi connectivity index (χ0) is 12.5. The molecule has 1 aliphatic heterocycles. The third-order valence-electron chi connectivity index (χ3n) is 2.84. The molecule has 0 aliphatic carbocycles. The Kier molecular flexibility index (Phi) is 2.40. The topological polar surface area (TPSA) is 85.1 Å². The maximum Gasteiger partial charge on any atom is 0.136 e. The van der Waals surface area contributed by atoms with E-state index in [2.05, 4.69) is 4.98 Å². The van der Waals surface area contributed by atoms with Crippen LogP contribution in [0.15, 0.2) is 18.2 Å². The quantitative estimate of drug-likeness (QED) is 0.826. The second kappa shape index (κ2) is 4.06. The van der Waals surface area contributed by atoms with Crippen LogP contribution >= 0.6 is 0 Å². The molecule has 18 heavy (non-hydrogen) atoms. The molecule has 2 aromatic rings. The van der Waals surface area contributed by atoms with Gasteiger partial charge in [-0.3, -0.25) is 0 Å². The number of H-pyrrole nitrogens is 1. The van der Waals surface area contributed by atoms with Crippen LogP contribution in [-0.4, -0.2) is 24.3 Å². The number of nitrogens with zero attached hydrogens (tertiary/aromatic N) is 2. The van der Waals surface area contributed by atoms with E-state index in [9.17, 15) is 0 Å². The first-order valence-electron chi connectivity index (χ1n) is 5.52. The number of fused-ring (bicyclic) bond motifs is 1. The highest BCUT2D eigenvalue weighted by Crippen LogP contribution is 2.31. The Bertz CT molecular complexity index is 687. The van der Waals surface area contributed by atoms with E-state index in [4.69, 9.17) is 20.0 Å². The van der Waals surface area contributed by atoms with E-state index in [-0.39, 0.29) is 11.8 Å². The summed E-state index contributed by atoms with van der Waals surface area (Å²) in [7, 11) is 0. The van der Waals surface area contributed by atoms with Crippen LogP contribution in [-0.2, 0) is 4.74 Å². The van der Waals surface area contributed by atoms with Crippen molar-refractivity contribution in [2.24, 2.45) is 0 Å². The normalized spacial score (nSPS) is 17.1. The highest BCUT2D eigenvalue weighted by atomic mass is 16.6. The second-order valence-electron chi connectivity index (χ2n) is 4.04. The van der Waals surface area contributed by atoms with E-state index in [1.54, 1.807) is 6.07 Å². The zero-order valence-corrected chi connectivity index (χ0v) is 9.43. The van der Waals surface area contributed by atoms with Gasteiger partial charge in [0.15, 0.2) is 0 Å². The van der Waals surface area contributed by atoms with Crippen LogP contribution in [0.25, 0.3) is 10.9 Å². The highest BCUT2D eigenvalue weighted by Gasteiger charge is 2.24. The van der Waals surface area contributed by atoms with Crippen molar-refractivity contribution in [2.45, 2.75) is 6.10 Å². The fourth-order valence-corrected chi connectivity index (χ4v) is 1.88. The van der Waals surface area contributed by atoms with Gasteiger partial charge in [0, 0.05) is 0 Å². The number of nitriles is 2. The molecular weight excluding hydrogens is 230 g/mol. The number of rotatable bonds is 3. The molecule has 2 heterocycles. The molecule has 1 aliphatic rings. The molecule has 5 nitrogen and oxygen atoms in total. The van der Waals surface area contributed by atoms with Crippen molar-refractivity contribution in [2.75, 3.05) is 13.2 Å². The van der Waals surface area contributed by atoms with Gasteiger partial charge in [-0.15, -0.1) is 0 Å². The number of hydrogen-bond acceptors (Lipinski definition) is 4. The lowest BCUT2D eigenvalue weighted by atomic mass is 10.1. The van der Waals surface area contributed by atoms with E-state index >= 15 is 0 Å². The monoisotopic (exact) mass is 239 g/mol. The Morgan fingerprint density at radius 1 is 1.39 bits per heavy atom. The van der Waals surface area contributed by atoms with Gasteiger partial charge in [0.2, 0.25) is 0 Å². The zero-order valence-electron chi connectivity index (χ0n) is 9.43. The molecule has 1 saturated heterocycles. The van der Waals surface area contributed by atoms with Gasteiger partial charge in [-0.2, -0.15) is 10.5 Å². The summed E-state index contributed by atoms with van der Waals surface area (Å²) in [6, 6.07) is 9.46. The molecule has 0 radical (unpaired) electrons. The summed E-state index contributed by atoms with van der Waals surface area (Å²) >= 11 is 0. The van der Waals surface area contributed by atoms with E-state index in [1.165, 1.54) is 0 Å². The minimum Gasteiger partial charge on any atom is -0.490 e. The lowest BCUT2D eigenvalue weighted by Crippen LogP contribution is -2.04. The van der Waals surface area contributed by atoms with Gasteiger partial charge in [-0.1, -0.05) is 6.07 Å². The van der Waals surface area contributed by atoms with Gasteiger partial charge in [0.05, 0.1) is 23.1 Å². The van der Waals surface area contributed by atoms with Crippen molar-refractivity contribution < 1.29 is 9.47 Å². The molecule has 88 valence electrons. The first-order chi connectivity index (χ1) is 8.83. The largest absolute Gasteiger partial charge is 0.490 e. The van der Waals surface area contributed by atoms with Crippen LogP contribution in [0.2, 0.25) is 0 Å². The number of benzene rings is 1. The number of epoxide rings is 1. The molecule has 1 fully saturated rings. The van der Waals surface area contributed by atoms with Crippen LogP contribution in [0.4, 0.5) is 0 Å². The SMILES string of the molecule is N#Cc1[nH]c2cccc(OCC3CO3)c2c1C#N. The van der Waals surface area contributed by atoms with Crippen molar-refractivity contribution in [1.82, 2.24) is 4.98 Å². The molecule has 0 amide bonds. The Morgan fingerprint density at radius 2 is 2.22 bits per heavy atom. The van der Waals surface area contributed by atoms with Crippen molar-refractivity contribution in [3.8, 4) is 17.9 Å². The molecule has 1 N–H and O–H groups in total. The van der Waals surface area contributed by atoms with Gasteiger partial charge in [0.1, 0.15) is 36.3 Å². The first kappa shape index (κ1) is 10.6. The minimum atomic E-state index is 0.153. The summed E-state index contributed by atoms with van der Waals surface area (Å²) in [6.07, 6.45) is 0.153. The van der Waals surface area contributed by atoms with E-state index in [0.29, 0.717) is 23.3 Å². The van der Waals surface area contributed by atoms with Crippen LogP contribution in [0.3, 0.4) is 0 Å². The average Bonchev–Trinajstić information content (AvgIpc) is 3.15. The fourth-order valence-electron chi connectivity index (χ4n) is 1.88. The van der Waals surface area contributed by atoms with Gasteiger partial charge < -0.3 is 14.5 Å². The summed E-state index contributed by atoms with van der Waals surface area (Å²) < 4.78 is 10.7. The summed E-state index contributed by atoms with van der Waals surface area (Å²) in [5.41, 5.74) is 1.34. The van der Waals surface area contributed by atoms with Crippen LogP contribution in [0.1, 0.15) is 11.3 Å². The summed E-state index contributed by atoms with van der Waals surface area (Å²) in [6.45, 7) is 1.19. The molecule has 1 unspecified atom stereocenters. The number of aromatic nitrogens is 1. The number of ether oxygens (including phenoxy) is 2. The lowest BCUT2D eigenvalue weighted by Gasteiger charge is -2.05. The lowest BCUT2D eigenvalue weighted by molar-refractivity contribution is 0.265. The van der Waals surface area contributed by atoms with E-state index in [0.717, 1.165) is 12.1 Å². The predicted molar refractivity (Wildman–Crippen MR) is 63.0 cm³/mol. The first-order valence-corrected chi connectivity index (χ1v) is 5.52. The van der Waals surface area contributed by atoms with Crippen molar-refractivity contribution in [3.05, 3.63) is 29.5 Å². The van der Waals surface area contributed by atoms with Crippen LogP contribution in [0, 0.1) is 22.7 Å². The van der Waals surface area contributed by atoms with E-state index < -0.39 is 0 Å². The fraction of sp³-hybridized carbons (Fsp3) is 0.231. The van der Waals surface area contributed by atoms with Crippen molar-refractivity contribution in [1.29, 1.82) is 10.5 Å². The van der Waals surface area contributed by atoms with Crippen LogP contribution < -0.4 is 4.74 Å². The Labute approximate surface area is 103 Å². The molecule has 3 rings (SSSR count). The van der Waals surface area contributed by atoms with Gasteiger partial charge in [-0.05, 0) is 12.1 Å². The van der Waals surface area contributed by atoms with Crippen molar-refractivity contribution in [3.63, 3.8) is 0 Å². The molecule has 1 aromatic heterocycles.